The van der Waals surface area contributed by atoms with Gasteiger partial charge >= 0.3 is 0 Å². The lowest BCUT2D eigenvalue weighted by Gasteiger charge is -2.36. The van der Waals surface area contributed by atoms with Crippen LogP contribution in [0.5, 0.6) is 0 Å². The Labute approximate surface area is 144 Å². The predicted molar refractivity (Wildman–Crippen MR) is 94.5 cm³/mol. The van der Waals surface area contributed by atoms with Crippen molar-refractivity contribution in [2.24, 2.45) is 5.92 Å². The molecule has 5 nitrogen and oxygen atoms in total. The fourth-order valence-corrected chi connectivity index (χ4v) is 3.10. The van der Waals surface area contributed by atoms with Gasteiger partial charge in [-0.1, -0.05) is 0 Å². The van der Waals surface area contributed by atoms with E-state index in [9.17, 15) is 4.39 Å². The van der Waals surface area contributed by atoms with Gasteiger partial charge < -0.3 is 20.1 Å². The lowest BCUT2D eigenvalue weighted by atomic mass is 9.97. The molecule has 0 aliphatic carbocycles. The van der Waals surface area contributed by atoms with Crippen molar-refractivity contribution in [3.8, 4) is 0 Å². The lowest BCUT2D eigenvalue weighted by molar-refractivity contribution is -0.120. The topological polar surface area (TPSA) is 45.8 Å². The van der Waals surface area contributed by atoms with Gasteiger partial charge in [0.25, 0.3) is 0 Å². The minimum absolute atomic E-state index is 0.0955. The number of methoxy groups -OCH3 is 2. The van der Waals surface area contributed by atoms with Gasteiger partial charge in [0.15, 0.2) is 6.29 Å². The van der Waals surface area contributed by atoms with Crippen molar-refractivity contribution in [2.75, 3.05) is 45.7 Å². The highest BCUT2D eigenvalue weighted by Gasteiger charge is 2.23. The van der Waals surface area contributed by atoms with E-state index in [2.05, 4.69) is 22.5 Å². The van der Waals surface area contributed by atoms with Gasteiger partial charge in [-0.05, 0) is 63.0 Å². The number of halogens is 1. The van der Waals surface area contributed by atoms with Gasteiger partial charge in [0.05, 0.1) is 12.7 Å². The Kier molecular flexibility index (Phi) is 7.91. The van der Waals surface area contributed by atoms with E-state index in [0.29, 0.717) is 12.5 Å². The summed E-state index contributed by atoms with van der Waals surface area (Å²) in [4.78, 5) is 2.34. The maximum absolute atomic E-state index is 13.1. The number of piperidine rings is 1. The molecule has 1 atom stereocenters. The molecule has 0 amide bonds. The van der Waals surface area contributed by atoms with E-state index >= 15 is 0 Å². The van der Waals surface area contributed by atoms with Gasteiger partial charge in [0, 0.05) is 26.5 Å². The molecular weight excluding hydrogens is 309 g/mol. The van der Waals surface area contributed by atoms with Crippen LogP contribution in [0.2, 0.25) is 0 Å². The second-order valence-electron chi connectivity index (χ2n) is 6.38. The van der Waals surface area contributed by atoms with Gasteiger partial charge in [-0.25, -0.2) is 4.39 Å². The zero-order valence-corrected chi connectivity index (χ0v) is 14.9. The third-order valence-electron chi connectivity index (χ3n) is 4.63. The first-order valence-electron chi connectivity index (χ1n) is 8.65. The Bertz CT molecular complexity index is 462. The van der Waals surface area contributed by atoms with Crippen molar-refractivity contribution in [3.63, 3.8) is 0 Å². The number of nitrogens with zero attached hydrogens (tertiary/aromatic N) is 1. The monoisotopic (exact) mass is 339 g/mol. The summed E-state index contributed by atoms with van der Waals surface area (Å²) in [6.45, 7) is 5.95. The molecule has 24 heavy (non-hydrogen) atoms. The van der Waals surface area contributed by atoms with Gasteiger partial charge in [0.1, 0.15) is 5.82 Å². The molecule has 2 rings (SSSR count). The normalized spacial score (nSPS) is 17.4. The average molecular weight is 339 g/mol. The Hall–Kier alpha value is -1.21. The summed E-state index contributed by atoms with van der Waals surface area (Å²) in [7, 11) is 3.32. The molecule has 0 radical (unpaired) electrons. The molecule has 2 N–H and O–H groups in total. The molecule has 1 aliphatic heterocycles. The molecule has 1 aromatic rings. The second-order valence-corrected chi connectivity index (χ2v) is 6.38. The highest BCUT2D eigenvalue weighted by atomic mass is 19.1. The Balaban J connectivity index is 1.99. The number of anilines is 1. The Morgan fingerprint density at radius 3 is 2.42 bits per heavy atom. The summed E-state index contributed by atoms with van der Waals surface area (Å²) in [6, 6.07) is 6.47. The minimum atomic E-state index is -0.260. The molecule has 0 bridgehead atoms. The maximum atomic E-state index is 13.1. The highest BCUT2D eigenvalue weighted by molar-refractivity contribution is 5.43. The third kappa shape index (κ3) is 6.02. The number of hydrogen-bond donors (Lipinski definition) is 2. The predicted octanol–water partition coefficient (Wildman–Crippen LogP) is 2.50. The molecule has 1 heterocycles. The van der Waals surface area contributed by atoms with Gasteiger partial charge in [-0.2, -0.15) is 0 Å². The van der Waals surface area contributed by atoms with Crippen LogP contribution in [0, 0.1) is 11.7 Å². The quantitative estimate of drug-likeness (QED) is 0.677. The fourth-order valence-electron chi connectivity index (χ4n) is 3.10. The van der Waals surface area contributed by atoms with Crippen LogP contribution in [0.4, 0.5) is 10.1 Å². The van der Waals surface area contributed by atoms with Crippen molar-refractivity contribution in [1.82, 2.24) is 10.2 Å². The van der Waals surface area contributed by atoms with Gasteiger partial charge in [-0.15, -0.1) is 0 Å². The lowest BCUT2D eigenvalue weighted by Crippen LogP contribution is -2.47. The molecule has 6 heteroatoms. The van der Waals surface area contributed by atoms with Gasteiger partial charge in [-0.3, -0.25) is 4.90 Å². The zero-order chi connectivity index (χ0) is 17.4. The van der Waals surface area contributed by atoms with Crippen LogP contribution in [-0.2, 0) is 9.47 Å². The van der Waals surface area contributed by atoms with Crippen molar-refractivity contribution >= 4 is 5.69 Å². The second kappa shape index (κ2) is 9.93. The summed E-state index contributed by atoms with van der Waals surface area (Å²) >= 11 is 0. The van der Waals surface area contributed by atoms with Crippen LogP contribution in [0.25, 0.3) is 0 Å². The van der Waals surface area contributed by atoms with Crippen LogP contribution in [0.1, 0.15) is 19.8 Å². The molecule has 0 aromatic heterocycles. The maximum Gasteiger partial charge on any atom is 0.169 e. The number of rotatable bonds is 9. The molecule has 1 fully saturated rings. The van der Waals surface area contributed by atoms with E-state index in [1.54, 1.807) is 26.4 Å². The molecule has 0 saturated carbocycles. The van der Waals surface area contributed by atoms with Crippen LogP contribution in [0.15, 0.2) is 24.3 Å². The number of benzene rings is 1. The molecule has 1 aliphatic rings. The summed E-state index contributed by atoms with van der Waals surface area (Å²) in [5.74, 6) is 0.441. The molecule has 0 spiro atoms. The summed E-state index contributed by atoms with van der Waals surface area (Å²) in [5.41, 5.74) is 0.908. The van der Waals surface area contributed by atoms with Crippen molar-refractivity contribution < 1.29 is 13.9 Å². The van der Waals surface area contributed by atoms with Crippen LogP contribution in [0.3, 0.4) is 0 Å². The minimum Gasteiger partial charge on any atom is -0.370 e. The van der Waals surface area contributed by atoms with E-state index in [4.69, 9.17) is 9.47 Å². The molecule has 1 aromatic carbocycles. The Morgan fingerprint density at radius 1 is 1.21 bits per heavy atom. The SMILES string of the molecule is COC(CN(CC1CCNCC1)C(C)Nc1ccc(F)cc1)OC. The first-order chi connectivity index (χ1) is 11.6. The standard InChI is InChI=1S/C18H30FN3O2/c1-14(21-17-6-4-16(19)5-7-17)22(13-18(23-2)24-3)12-15-8-10-20-11-9-15/h4-7,14-15,18,20-21H,8-13H2,1-3H3. The summed E-state index contributed by atoms with van der Waals surface area (Å²) in [6.07, 6.45) is 2.21. The smallest absolute Gasteiger partial charge is 0.169 e. The first kappa shape index (κ1) is 19.1. The van der Waals surface area contributed by atoms with E-state index < -0.39 is 0 Å². The zero-order valence-electron chi connectivity index (χ0n) is 14.9. The third-order valence-corrected chi connectivity index (χ3v) is 4.63. The summed E-state index contributed by atoms with van der Waals surface area (Å²) < 4.78 is 23.8. The van der Waals surface area contributed by atoms with Crippen molar-refractivity contribution in [3.05, 3.63) is 30.1 Å². The van der Waals surface area contributed by atoms with Gasteiger partial charge in [0.2, 0.25) is 0 Å². The van der Waals surface area contributed by atoms with E-state index in [1.807, 2.05) is 0 Å². The highest BCUT2D eigenvalue weighted by Crippen LogP contribution is 2.18. The van der Waals surface area contributed by atoms with E-state index in [1.165, 1.54) is 25.0 Å². The van der Waals surface area contributed by atoms with Crippen LogP contribution in [-0.4, -0.2) is 57.8 Å². The van der Waals surface area contributed by atoms with Crippen LogP contribution < -0.4 is 10.6 Å². The van der Waals surface area contributed by atoms with Crippen molar-refractivity contribution in [2.45, 2.75) is 32.2 Å². The van der Waals surface area contributed by atoms with E-state index in [0.717, 1.165) is 25.3 Å². The number of nitrogens with one attached hydrogen (secondary N) is 2. The van der Waals surface area contributed by atoms with Crippen LogP contribution >= 0.6 is 0 Å². The molecule has 1 unspecified atom stereocenters. The first-order valence-corrected chi connectivity index (χ1v) is 8.65. The van der Waals surface area contributed by atoms with E-state index in [-0.39, 0.29) is 18.3 Å². The average Bonchev–Trinajstić information content (AvgIpc) is 2.61. The van der Waals surface area contributed by atoms with Crippen molar-refractivity contribution in [1.29, 1.82) is 0 Å². The Morgan fingerprint density at radius 2 is 1.83 bits per heavy atom. The molecular formula is C18H30FN3O2. The molecule has 1 saturated heterocycles. The fraction of sp³-hybridized carbons (Fsp3) is 0.667. The molecule has 136 valence electrons. The largest absolute Gasteiger partial charge is 0.370 e. The number of ether oxygens (including phenoxy) is 2. The summed E-state index contributed by atoms with van der Waals surface area (Å²) in [5, 5.41) is 6.85. The number of hydrogen-bond acceptors (Lipinski definition) is 5.